The fraction of sp³-hybridized carbons (Fsp3) is 0.400. The Hall–Kier alpha value is -3.75. The maximum Gasteiger partial charge on any atom is 0.290 e. The third-order valence-corrected chi connectivity index (χ3v) is 6.43. The molecule has 1 aliphatic heterocycles. The summed E-state index contributed by atoms with van der Waals surface area (Å²) in [5, 5.41) is 11.6. The van der Waals surface area contributed by atoms with E-state index in [0.29, 0.717) is 31.0 Å². The molecule has 0 saturated carbocycles. The number of carbonyl (C=O) groups is 3. The van der Waals surface area contributed by atoms with Crippen molar-refractivity contribution in [2.45, 2.75) is 52.6 Å². The first-order valence-corrected chi connectivity index (χ1v) is 11.5. The summed E-state index contributed by atoms with van der Waals surface area (Å²) in [7, 11) is 0. The summed E-state index contributed by atoms with van der Waals surface area (Å²) in [6.45, 7) is 7.00. The number of amides is 1. The summed E-state index contributed by atoms with van der Waals surface area (Å²) in [6, 6.07) is 9.74. The van der Waals surface area contributed by atoms with Gasteiger partial charge in [0.2, 0.25) is 0 Å². The molecule has 178 valence electrons. The highest BCUT2D eigenvalue weighted by atomic mass is 16.3. The molecule has 1 aliphatic carbocycles. The molecule has 0 saturated heterocycles. The molecule has 0 bridgehead atoms. The predicted octanol–water partition coefficient (Wildman–Crippen LogP) is 3.65. The Kier molecular flexibility index (Phi) is 6.63. The molecule has 1 atom stereocenters. The SMILES string of the molecule is Cc1c(C(=O)N2CCn3nc(-c4ccccc4)nc3[C@@H]2C(C)C)[nH]c2c1C(=O)CCC2.O=CO. The Morgan fingerprint density at radius 2 is 1.91 bits per heavy atom. The van der Waals surface area contributed by atoms with Gasteiger partial charge in [-0.25, -0.2) is 9.67 Å². The van der Waals surface area contributed by atoms with Crippen LogP contribution in [0.1, 0.15) is 70.7 Å². The third kappa shape index (κ3) is 4.13. The number of nitrogens with one attached hydrogen (secondary N) is 1. The summed E-state index contributed by atoms with van der Waals surface area (Å²) in [6.07, 6.45) is 2.21. The van der Waals surface area contributed by atoms with E-state index in [0.717, 1.165) is 41.1 Å². The van der Waals surface area contributed by atoms with Crippen molar-refractivity contribution in [3.05, 3.63) is 58.7 Å². The number of carboxylic acid groups (broad SMARTS) is 1. The second kappa shape index (κ2) is 9.62. The first-order valence-electron chi connectivity index (χ1n) is 11.5. The van der Waals surface area contributed by atoms with E-state index in [4.69, 9.17) is 20.0 Å². The minimum absolute atomic E-state index is 0.0612. The zero-order valence-electron chi connectivity index (χ0n) is 19.6. The molecule has 2 aromatic heterocycles. The molecule has 0 unspecified atom stereocenters. The van der Waals surface area contributed by atoms with Gasteiger partial charge in [-0.3, -0.25) is 14.4 Å². The maximum atomic E-state index is 13.7. The number of aryl methyl sites for hydroxylation is 1. The van der Waals surface area contributed by atoms with E-state index in [1.54, 1.807) is 0 Å². The average Bonchev–Trinajstić information content (AvgIpc) is 3.41. The summed E-state index contributed by atoms with van der Waals surface area (Å²) in [5.74, 6) is 1.75. The summed E-state index contributed by atoms with van der Waals surface area (Å²) in [5.41, 5.74) is 3.93. The summed E-state index contributed by atoms with van der Waals surface area (Å²) < 4.78 is 1.94. The zero-order valence-corrected chi connectivity index (χ0v) is 19.6. The van der Waals surface area contributed by atoms with Crippen molar-refractivity contribution in [2.24, 2.45) is 5.92 Å². The average molecular weight is 464 g/mol. The fourth-order valence-electron chi connectivity index (χ4n) is 4.95. The van der Waals surface area contributed by atoms with Gasteiger partial charge < -0.3 is 15.0 Å². The van der Waals surface area contributed by atoms with Gasteiger partial charge in [-0.1, -0.05) is 44.2 Å². The minimum Gasteiger partial charge on any atom is -0.483 e. The molecule has 1 amide bonds. The highest BCUT2D eigenvalue weighted by molar-refractivity contribution is 6.04. The van der Waals surface area contributed by atoms with Crippen molar-refractivity contribution in [3.8, 4) is 11.4 Å². The molecule has 0 radical (unpaired) electrons. The molecule has 3 heterocycles. The number of H-pyrrole nitrogens is 1. The predicted molar refractivity (Wildman–Crippen MR) is 126 cm³/mol. The van der Waals surface area contributed by atoms with E-state index in [2.05, 4.69) is 18.8 Å². The second-order valence-electron chi connectivity index (χ2n) is 8.93. The minimum atomic E-state index is -0.250. The number of fused-ring (bicyclic) bond motifs is 2. The van der Waals surface area contributed by atoms with Gasteiger partial charge in [0, 0.05) is 29.8 Å². The van der Waals surface area contributed by atoms with Crippen molar-refractivity contribution in [2.75, 3.05) is 6.54 Å². The van der Waals surface area contributed by atoms with Gasteiger partial charge in [0.25, 0.3) is 12.4 Å². The fourth-order valence-corrected chi connectivity index (χ4v) is 4.95. The van der Waals surface area contributed by atoms with Crippen LogP contribution >= 0.6 is 0 Å². The van der Waals surface area contributed by atoms with Gasteiger partial charge in [-0.2, -0.15) is 5.10 Å². The number of carbonyl (C=O) groups excluding carboxylic acids is 2. The van der Waals surface area contributed by atoms with Crippen LogP contribution in [0.4, 0.5) is 0 Å². The number of hydrogen-bond acceptors (Lipinski definition) is 5. The van der Waals surface area contributed by atoms with Gasteiger partial charge >= 0.3 is 0 Å². The first-order chi connectivity index (χ1) is 16.4. The smallest absolute Gasteiger partial charge is 0.290 e. The van der Waals surface area contributed by atoms with Crippen LogP contribution in [0.25, 0.3) is 11.4 Å². The summed E-state index contributed by atoms with van der Waals surface area (Å²) >= 11 is 0. The van der Waals surface area contributed by atoms with E-state index in [1.807, 2.05) is 46.8 Å². The number of hydrogen-bond donors (Lipinski definition) is 2. The Morgan fingerprint density at radius 1 is 1.21 bits per heavy atom. The molecule has 34 heavy (non-hydrogen) atoms. The molecule has 9 heteroatoms. The number of aromatic amines is 1. The van der Waals surface area contributed by atoms with Gasteiger partial charge in [0.05, 0.1) is 12.6 Å². The number of benzene rings is 1. The number of ketones is 1. The molecule has 1 aromatic carbocycles. The Balaban J connectivity index is 0.000000868. The van der Waals surface area contributed by atoms with Gasteiger partial charge in [0.1, 0.15) is 5.69 Å². The first kappa shape index (κ1) is 23.4. The highest BCUT2D eigenvalue weighted by Gasteiger charge is 2.38. The van der Waals surface area contributed by atoms with Crippen LogP contribution < -0.4 is 0 Å². The standard InChI is InChI=1S/C24H27N5O2.CH2O2/c1-14(2)21-23-26-22(16-8-5-4-6-9-16)27-29(23)13-12-28(21)24(31)20-15(3)19-17(25-20)10-7-11-18(19)30;2-1-3/h4-6,8-9,14,21,25H,7,10-13H2,1-3H3;1H,(H,2,3)/t21-;/m0./s1. The largest absolute Gasteiger partial charge is 0.483 e. The van der Waals surface area contributed by atoms with Crippen molar-refractivity contribution in [3.63, 3.8) is 0 Å². The van der Waals surface area contributed by atoms with E-state index in [-0.39, 0.29) is 30.1 Å². The molecule has 2 aliphatic rings. The van der Waals surface area contributed by atoms with Gasteiger partial charge in [-0.15, -0.1) is 0 Å². The van der Waals surface area contributed by atoms with Crippen LogP contribution in [0.15, 0.2) is 30.3 Å². The molecule has 2 N–H and O–H groups in total. The van der Waals surface area contributed by atoms with E-state index in [1.165, 1.54) is 0 Å². The lowest BCUT2D eigenvalue weighted by Gasteiger charge is -2.37. The lowest BCUT2D eigenvalue weighted by atomic mass is 9.93. The molecule has 3 aromatic rings. The van der Waals surface area contributed by atoms with Crippen LogP contribution in [-0.2, 0) is 17.8 Å². The normalized spacial score (nSPS) is 17.0. The number of Topliss-reactive ketones (excluding diaryl/α,β-unsaturated/α-hetero) is 1. The maximum absolute atomic E-state index is 13.7. The lowest BCUT2D eigenvalue weighted by Crippen LogP contribution is -2.45. The molecule has 9 nitrogen and oxygen atoms in total. The number of aromatic nitrogens is 4. The number of nitrogens with zero attached hydrogens (tertiary/aromatic N) is 4. The molecule has 0 spiro atoms. The lowest BCUT2D eigenvalue weighted by molar-refractivity contribution is -0.122. The number of rotatable bonds is 3. The topological polar surface area (TPSA) is 121 Å². The van der Waals surface area contributed by atoms with Crippen molar-refractivity contribution < 1.29 is 19.5 Å². The third-order valence-electron chi connectivity index (χ3n) is 6.43. The van der Waals surface area contributed by atoms with E-state index < -0.39 is 0 Å². The zero-order chi connectivity index (χ0) is 24.4. The second-order valence-corrected chi connectivity index (χ2v) is 8.93. The van der Waals surface area contributed by atoms with E-state index >= 15 is 0 Å². The van der Waals surface area contributed by atoms with Gasteiger partial charge in [0.15, 0.2) is 17.4 Å². The van der Waals surface area contributed by atoms with Crippen LogP contribution in [0.3, 0.4) is 0 Å². The van der Waals surface area contributed by atoms with Crippen molar-refractivity contribution in [1.29, 1.82) is 0 Å². The Bertz CT molecular complexity index is 1210. The van der Waals surface area contributed by atoms with Crippen molar-refractivity contribution in [1.82, 2.24) is 24.6 Å². The van der Waals surface area contributed by atoms with Crippen LogP contribution in [0, 0.1) is 12.8 Å². The quantitative estimate of drug-likeness (QED) is 0.572. The molecular formula is C25H29N5O4. The van der Waals surface area contributed by atoms with Crippen LogP contribution in [0.5, 0.6) is 0 Å². The van der Waals surface area contributed by atoms with Crippen LogP contribution in [-0.4, -0.2) is 54.5 Å². The molecule has 5 rings (SSSR count). The monoisotopic (exact) mass is 463 g/mol. The van der Waals surface area contributed by atoms with E-state index in [9.17, 15) is 9.59 Å². The van der Waals surface area contributed by atoms with Crippen molar-refractivity contribution >= 4 is 18.2 Å². The Labute approximate surface area is 197 Å². The highest BCUT2D eigenvalue weighted by Crippen LogP contribution is 2.35. The Morgan fingerprint density at radius 3 is 2.56 bits per heavy atom. The van der Waals surface area contributed by atoms with Crippen LogP contribution in [0.2, 0.25) is 0 Å². The molecular weight excluding hydrogens is 434 g/mol. The molecule has 0 fully saturated rings. The van der Waals surface area contributed by atoms with Gasteiger partial charge in [-0.05, 0) is 31.2 Å². The summed E-state index contributed by atoms with van der Waals surface area (Å²) in [4.78, 5) is 44.5.